The van der Waals surface area contributed by atoms with Crippen molar-refractivity contribution >= 4 is 11.6 Å². The minimum absolute atomic E-state index is 0.591. The van der Waals surface area contributed by atoms with Crippen molar-refractivity contribution in [2.24, 2.45) is 5.92 Å². The molecule has 118 valence electrons. The summed E-state index contributed by atoms with van der Waals surface area (Å²) in [7, 11) is 0. The van der Waals surface area contributed by atoms with Crippen LogP contribution in [-0.2, 0) is 0 Å². The van der Waals surface area contributed by atoms with Crippen molar-refractivity contribution in [3.8, 4) is 0 Å². The van der Waals surface area contributed by atoms with Gasteiger partial charge < -0.3 is 0 Å². The summed E-state index contributed by atoms with van der Waals surface area (Å²) in [5.74, 6) is 0.591. The number of rotatable bonds is 7. The maximum absolute atomic E-state index is 4.51. The number of pyridine rings is 1. The van der Waals surface area contributed by atoms with Gasteiger partial charge in [0.05, 0.1) is 0 Å². The van der Waals surface area contributed by atoms with Crippen molar-refractivity contribution in [2.75, 3.05) is 0 Å². The van der Waals surface area contributed by atoms with Crippen LogP contribution in [0.1, 0.15) is 57.4 Å². The average Bonchev–Trinajstić information content (AvgIpc) is 2.54. The van der Waals surface area contributed by atoms with Gasteiger partial charge >= 0.3 is 0 Å². The normalized spacial score (nSPS) is 14.0. The van der Waals surface area contributed by atoms with Gasteiger partial charge in [-0.2, -0.15) is 0 Å². The quantitative estimate of drug-likeness (QED) is 0.532. The SMILES string of the molecule is C=C(/C=C\C(=C/C)CC)c1cnc(C)c(/C=C\C(C)CC)c1. The second-order valence-corrected chi connectivity index (χ2v) is 5.72. The Labute approximate surface area is 136 Å². The van der Waals surface area contributed by atoms with Gasteiger partial charge in [-0.3, -0.25) is 4.98 Å². The molecule has 1 heterocycles. The number of allylic oxidation sites excluding steroid dienone is 6. The van der Waals surface area contributed by atoms with Gasteiger partial charge in [-0.15, -0.1) is 0 Å². The molecule has 1 heteroatoms. The molecule has 0 saturated heterocycles. The Hall–Kier alpha value is -1.89. The minimum Gasteiger partial charge on any atom is -0.260 e. The Morgan fingerprint density at radius 1 is 1.32 bits per heavy atom. The van der Waals surface area contributed by atoms with E-state index in [1.165, 1.54) is 11.1 Å². The molecule has 0 aliphatic carbocycles. The summed E-state index contributed by atoms with van der Waals surface area (Å²) >= 11 is 0. The summed E-state index contributed by atoms with van der Waals surface area (Å²) in [6.45, 7) is 14.9. The van der Waals surface area contributed by atoms with Crippen LogP contribution in [0.2, 0.25) is 0 Å². The Bertz CT molecular complexity index is 588. The first-order chi connectivity index (χ1) is 10.5. The summed E-state index contributed by atoms with van der Waals surface area (Å²) in [6.07, 6.45) is 14.9. The number of hydrogen-bond donors (Lipinski definition) is 0. The Morgan fingerprint density at radius 2 is 2.05 bits per heavy atom. The first kappa shape index (κ1) is 18.2. The molecule has 1 rings (SSSR count). The predicted octanol–water partition coefficient (Wildman–Crippen LogP) is 6.38. The van der Waals surface area contributed by atoms with Crippen LogP contribution in [0.5, 0.6) is 0 Å². The first-order valence-corrected chi connectivity index (χ1v) is 8.19. The van der Waals surface area contributed by atoms with Gasteiger partial charge in [0.2, 0.25) is 0 Å². The highest BCUT2D eigenvalue weighted by molar-refractivity contribution is 5.74. The monoisotopic (exact) mass is 295 g/mol. The highest BCUT2D eigenvalue weighted by Gasteiger charge is 2.02. The Morgan fingerprint density at radius 3 is 2.64 bits per heavy atom. The fourth-order valence-electron chi connectivity index (χ4n) is 2.02. The van der Waals surface area contributed by atoms with E-state index in [1.807, 2.05) is 13.1 Å². The standard InChI is InChI=1S/C21H29N/c1-7-16(4)10-13-20-14-21(15-22-18(20)6)17(5)11-12-19(8-2)9-3/h8,10-16H,5,7,9H2,1-4,6H3/b12-11-,13-10-,19-8-. The number of hydrogen-bond acceptors (Lipinski definition) is 1. The van der Waals surface area contributed by atoms with Crippen LogP contribution in [0.4, 0.5) is 0 Å². The summed E-state index contributed by atoms with van der Waals surface area (Å²) in [5.41, 5.74) is 5.63. The van der Waals surface area contributed by atoms with Crippen LogP contribution in [0.3, 0.4) is 0 Å². The van der Waals surface area contributed by atoms with Crippen LogP contribution in [0.15, 0.2) is 48.7 Å². The zero-order valence-corrected chi connectivity index (χ0v) is 14.7. The third-order valence-corrected chi connectivity index (χ3v) is 4.02. The average molecular weight is 295 g/mol. The van der Waals surface area contributed by atoms with E-state index in [-0.39, 0.29) is 0 Å². The van der Waals surface area contributed by atoms with E-state index in [0.29, 0.717) is 5.92 Å². The van der Waals surface area contributed by atoms with Crippen LogP contribution in [-0.4, -0.2) is 4.98 Å². The largest absolute Gasteiger partial charge is 0.260 e. The molecule has 0 aliphatic heterocycles. The van der Waals surface area contributed by atoms with Crippen molar-refractivity contribution in [3.63, 3.8) is 0 Å². The zero-order valence-electron chi connectivity index (χ0n) is 14.7. The first-order valence-electron chi connectivity index (χ1n) is 8.19. The number of aryl methyl sites for hydroxylation is 1. The summed E-state index contributed by atoms with van der Waals surface area (Å²) in [4.78, 5) is 4.51. The molecule has 0 bridgehead atoms. The predicted molar refractivity (Wildman–Crippen MR) is 99.7 cm³/mol. The minimum atomic E-state index is 0.591. The van der Waals surface area contributed by atoms with E-state index in [2.05, 4.69) is 75.7 Å². The zero-order chi connectivity index (χ0) is 16.5. The molecule has 0 radical (unpaired) electrons. The second kappa shape index (κ2) is 9.19. The van der Waals surface area contributed by atoms with Crippen molar-refractivity contribution in [1.82, 2.24) is 4.98 Å². The van der Waals surface area contributed by atoms with Gasteiger partial charge in [-0.25, -0.2) is 0 Å². The van der Waals surface area contributed by atoms with Gasteiger partial charge in [0.15, 0.2) is 0 Å². The molecular weight excluding hydrogens is 266 g/mol. The molecular formula is C21H29N. The van der Waals surface area contributed by atoms with Crippen LogP contribution < -0.4 is 0 Å². The Kier molecular flexibility index (Phi) is 7.59. The maximum atomic E-state index is 4.51. The molecule has 0 aliphatic rings. The summed E-state index contributed by atoms with van der Waals surface area (Å²) < 4.78 is 0. The molecule has 0 fully saturated rings. The van der Waals surface area contributed by atoms with Gasteiger partial charge in [0, 0.05) is 17.5 Å². The molecule has 1 aromatic rings. The third kappa shape index (κ3) is 5.48. The van der Waals surface area contributed by atoms with Crippen molar-refractivity contribution < 1.29 is 0 Å². The van der Waals surface area contributed by atoms with Crippen LogP contribution in [0.25, 0.3) is 11.6 Å². The van der Waals surface area contributed by atoms with Gasteiger partial charge in [0.25, 0.3) is 0 Å². The van der Waals surface area contributed by atoms with Crippen molar-refractivity contribution in [3.05, 3.63) is 65.5 Å². The van der Waals surface area contributed by atoms with E-state index in [9.17, 15) is 0 Å². The summed E-state index contributed by atoms with van der Waals surface area (Å²) in [5, 5.41) is 0. The third-order valence-electron chi connectivity index (χ3n) is 4.02. The van der Waals surface area contributed by atoms with Crippen molar-refractivity contribution in [1.29, 1.82) is 0 Å². The second-order valence-electron chi connectivity index (χ2n) is 5.72. The highest BCUT2D eigenvalue weighted by atomic mass is 14.7. The highest BCUT2D eigenvalue weighted by Crippen LogP contribution is 2.19. The van der Waals surface area contributed by atoms with E-state index in [4.69, 9.17) is 0 Å². The maximum Gasteiger partial charge on any atom is 0.0445 e. The molecule has 0 N–H and O–H groups in total. The van der Waals surface area contributed by atoms with Crippen molar-refractivity contribution in [2.45, 2.75) is 47.5 Å². The van der Waals surface area contributed by atoms with Gasteiger partial charge in [-0.05, 0) is 43.4 Å². The van der Waals surface area contributed by atoms with Crippen LogP contribution in [0, 0.1) is 12.8 Å². The van der Waals surface area contributed by atoms with Crippen LogP contribution >= 0.6 is 0 Å². The number of aromatic nitrogens is 1. The lowest BCUT2D eigenvalue weighted by molar-refractivity contribution is 0.701. The summed E-state index contributed by atoms with van der Waals surface area (Å²) in [6, 6.07) is 2.18. The molecule has 1 unspecified atom stereocenters. The van der Waals surface area contributed by atoms with E-state index in [0.717, 1.165) is 29.7 Å². The smallest absolute Gasteiger partial charge is 0.0445 e. The Balaban J connectivity index is 2.97. The van der Waals surface area contributed by atoms with Gasteiger partial charge in [0.1, 0.15) is 0 Å². The molecule has 0 amide bonds. The van der Waals surface area contributed by atoms with Gasteiger partial charge in [-0.1, -0.05) is 69.7 Å². The lowest BCUT2D eigenvalue weighted by Crippen LogP contribution is -1.91. The molecule has 1 atom stereocenters. The molecule has 1 nitrogen and oxygen atoms in total. The van der Waals surface area contributed by atoms with E-state index >= 15 is 0 Å². The lowest BCUT2D eigenvalue weighted by atomic mass is 10.0. The fraction of sp³-hybridized carbons (Fsp3) is 0.381. The lowest BCUT2D eigenvalue weighted by Gasteiger charge is -2.06. The molecule has 0 spiro atoms. The molecule has 1 aromatic heterocycles. The molecule has 0 aromatic carbocycles. The fourth-order valence-corrected chi connectivity index (χ4v) is 2.02. The van der Waals surface area contributed by atoms with E-state index in [1.54, 1.807) is 0 Å². The van der Waals surface area contributed by atoms with E-state index < -0.39 is 0 Å². The topological polar surface area (TPSA) is 12.9 Å². The molecule has 0 saturated carbocycles. The number of nitrogens with zero attached hydrogens (tertiary/aromatic N) is 1. The molecule has 22 heavy (non-hydrogen) atoms.